The first-order valence-electron chi connectivity index (χ1n) is 8.68. The van der Waals surface area contributed by atoms with Crippen LogP contribution in [0.1, 0.15) is 28.9 Å². The van der Waals surface area contributed by atoms with Crippen molar-refractivity contribution in [2.75, 3.05) is 13.1 Å². The van der Waals surface area contributed by atoms with E-state index in [1.54, 1.807) is 0 Å². The quantitative estimate of drug-likeness (QED) is 0.640. The number of nitrogens with zero attached hydrogens (tertiary/aromatic N) is 2. The van der Waals surface area contributed by atoms with Crippen LogP contribution in [-0.4, -0.2) is 34.4 Å². The molecule has 0 atom stereocenters. The highest BCUT2D eigenvalue weighted by molar-refractivity contribution is 7.13. The van der Waals surface area contributed by atoms with Gasteiger partial charge in [0.25, 0.3) is 5.91 Å². The highest BCUT2D eigenvalue weighted by Gasteiger charge is 2.27. The fourth-order valence-corrected chi connectivity index (χ4v) is 4.11. The van der Waals surface area contributed by atoms with Gasteiger partial charge in [0.2, 0.25) is 0 Å². The Hall–Kier alpha value is -2.11. The molecule has 1 saturated heterocycles. The first kappa shape index (κ1) is 17.3. The molecule has 0 N–H and O–H groups in total. The number of hydrogen-bond acceptors (Lipinski definition) is 4. The summed E-state index contributed by atoms with van der Waals surface area (Å²) in [6.45, 7) is 3.40. The van der Waals surface area contributed by atoms with Gasteiger partial charge >= 0.3 is 0 Å². The molecule has 0 saturated carbocycles. The van der Waals surface area contributed by atoms with E-state index < -0.39 is 0 Å². The lowest BCUT2D eigenvalue weighted by atomic mass is 10.1. The Labute approximate surface area is 161 Å². The molecule has 3 aromatic rings. The van der Waals surface area contributed by atoms with Gasteiger partial charge in [0.15, 0.2) is 0 Å². The third kappa shape index (κ3) is 3.55. The summed E-state index contributed by atoms with van der Waals surface area (Å²) in [5.41, 5.74) is 1.72. The van der Waals surface area contributed by atoms with E-state index in [4.69, 9.17) is 16.3 Å². The molecule has 2 heterocycles. The minimum Gasteiger partial charge on any atom is -0.490 e. The van der Waals surface area contributed by atoms with Crippen molar-refractivity contribution < 1.29 is 9.53 Å². The first-order valence-corrected chi connectivity index (χ1v) is 9.83. The second-order valence-corrected chi connectivity index (χ2v) is 7.84. The standard InChI is InChI=1S/C20H19ClN2O2S/c1-13-2-7-18-17(12-13)19(22-26-18)20(24)23-10-8-16(9-11-23)25-15-5-3-14(21)4-6-15/h2-7,12,16H,8-11H2,1H3. The maximum Gasteiger partial charge on any atom is 0.274 e. The fourth-order valence-electron chi connectivity index (χ4n) is 3.24. The number of halogens is 1. The van der Waals surface area contributed by atoms with Crippen molar-refractivity contribution in [3.63, 3.8) is 0 Å². The zero-order valence-corrected chi connectivity index (χ0v) is 16.0. The van der Waals surface area contributed by atoms with E-state index in [1.165, 1.54) is 11.5 Å². The number of piperidine rings is 1. The van der Waals surface area contributed by atoms with Gasteiger partial charge < -0.3 is 9.64 Å². The molecule has 2 aromatic carbocycles. The first-order chi connectivity index (χ1) is 12.6. The van der Waals surface area contributed by atoms with Crippen LogP contribution >= 0.6 is 23.1 Å². The monoisotopic (exact) mass is 386 g/mol. The number of rotatable bonds is 3. The van der Waals surface area contributed by atoms with Gasteiger partial charge in [-0.25, -0.2) is 0 Å². The number of benzene rings is 2. The Morgan fingerprint density at radius 3 is 2.65 bits per heavy atom. The highest BCUT2D eigenvalue weighted by atomic mass is 35.5. The molecule has 0 aliphatic carbocycles. The van der Waals surface area contributed by atoms with Crippen LogP contribution in [-0.2, 0) is 0 Å². The number of amides is 1. The molecule has 26 heavy (non-hydrogen) atoms. The summed E-state index contributed by atoms with van der Waals surface area (Å²) in [5, 5.41) is 1.66. The topological polar surface area (TPSA) is 42.4 Å². The molecule has 4 nitrogen and oxygen atoms in total. The number of carbonyl (C=O) groups is 1. The summed E-state index contributed by atoms with van der Waals surface area (Å²) in [6, 6.07) is 13.5. The predicted molar refractivity (Wildman–Crippen MR) is 105 cm³/mol. The maximum absolute atomic E-state index is 12.9. The van der Waals surface area contributed by atoms with Crippen molar-refractivity contribution in [3.05, 3.63) is 58.7 Å². The Balaban J connectivity index is 1.41. The number of hydrogen-bond donors (Lipinski definition) is 0. The number of carbonyl (C=O) groups excluding carboxylic acids is 1. The van der Waals surface area contributed by atoms with Gasteiger partial charge in [-0.15, -0.1) is 0 Å². The molecule has 1 aliphatic rings. The van der Waals surface area contributed by atoms with E-state index in [9.17, 15) is 4.79 Å². The smallest absolute Gasteiger partial charge is 0.274 e. The normalized spacial score (nSPS) is 15.4. The number of aromatic nitrogens is 1. The molecule has 0 bridgehead atoms. The summed E-state index contributed by atoms with van der Waals surface area (Å²) in [6.07, 6.45) is 1.75. The van der Waals surface area contributed by atoms with Crippen LogP contribution in [0.2, 0.25) is 5.02 Å². The fraction of sp³-hybridized carbons (Fsp3) is 0.300. The molecule has 4 rings (SSSR count). The summed E-state index contributed by atoms with van der Waals surface area (Å²) in [4.78, 5) is 14.8. The van der Waals surface area contributed by atoms with Crippen LogP contribution < -0.4 is 4.74 Å². The molecule has 0 radical (unpaired) electrons. The van der Waals surface area contributed by atoms with Gasteiger partial charge in [0.1, 0.15) is 17.5 Å². The number of ether oxygens (including phenoxy) is 1. The Kier molecular flexibility index (Phi) is 4.83. The molecule has 1 aromatic heterocycles. The predicted octanol–water partition coefficient (Wildman–Crippen LogP) is 4.94. The number of fused-ring (bicyclic) bond motifs is 1. The third-order valence-corrected chi connectivity index (χ3v) is 5.75. The minimum atomic E-state index is 0.0202. The van der Waals surface area contributed by atoms with Crippen LogP contribution in [0.15, 0.2) is 42.5 Å². The average Bonchev–Trinajstić information content (AvgIpc) is 3.06. The second kappa shape index (κ2) is 7.25. The van der Waals surface area contributed by atoms with E-state index in [0.29, 0.717) is 23.8 Å². The Morgan fingerprint density at radius 2 is 1.92 bits per heavy atom. The largest absolute Gasteiger partial charge is 0.490 e. The molecule has 0 spiro atoms. The van der Waals surface area contributed by atoms with Crippen molar-refractivity contribution in [1.82, 2.24) is 9.27 Å². The van der Waals surface area contributed by atoms with Gasteiger partial charge in [0, 0.05) is 36.3 Å². The molecule has 1 aliphatic heterocycles. The summed E-state index contributed by atoms with van der Waals surface area (Å²) < 4.78 is 11.5. The molecule has 0 unspecified atom stereocenters. The van der Waals surface area contributed by atoms with E-state index in [0.717, 1.165) is 34.2 Å². The minimum absolute atomic E-state index is 0.0202. The lowest BCUT2D eigenvalue weighted by Gasteiger charge is -2.31. The van der Waals surface area contributed by atoms with Gasteiger partial charge in [0.05, 0.1) is 4.70 Å². The van der Waals surface area contributed by atoms with E-state index >= 15 is 0 Å². The maximum atomic E-state index is 12.9. The highest BCUT2D eigenvalue weighted by Crippen LogP contribution is 2.27. The molecule has 1 fully saturated rings. The van der Waals surface area contributed by atoms with Gasteiger partial charge in [-0.05, 0) is 54.9 Å². The lowest BCUT2D eigenvalue weighted by molar-refractivity contribution is 0.0593. The zero-order valence-electron chi connectivity index (χ0n) is 14.4. The number of likely N-dealkylation sites (tertiary alicyclic amines) is 1. The lowest BCUT2D eigenvalue weighted by Crippen LogP contribution is -2.41. The van der Waals surface area contributed by atoms with E-state index in [-0.39, 0.29) is 12.0 Å². The SMILES string of the molecule is Cc1ccc2snc(C(=O)N3CCC(Oc4ccc(Cl)cc4)CC3)c2c1. The van der Waals surface area contributed by atoms with Gasteiger partial charge in [-0.1, -0.05) is 23.2 Å². The molecule has 1 amide bonds. The van der Waals surface area contributed by atoms with Crippen LogP contribution in [0.5, 0.6) is 5.75 Å². The summed E-state index contributed by atoms with van der Waals surface area (Å²) in [5.74, 6) is 0.840. The van der Waals surface area contributed by atoms with Crippen molar-refractivity contribution in [2.45, 2.75) is 25.9 Å². The molecule has 6 heteroatoms. The van der Waals surface area contributed by atoms with Crippen LogP contribution in [0.4, 0.5) is 0 Å². The van der Waals surface area contributed by atoms with Gasteiger partial charge in [-0.3, -0.25) is 4.79 Å². The third-order valence-electron chi connectivity index (χ3n) is 4.67. The van der Waals surface area contributed by atoms with E-state index in [2.05, 4.69) is 4.37 Å². The van der Waals surface area contributed by atoms with Crippen molar-refractivity contribution in [1.29, 1.82) is 0 Å². The zero-order chi connectivity index (χ0) is 18.1. The van der Waals surface area contributed by atoms with E-state index in [1.807, 2.05) is 54.3 Å². The summed E-state index contributed by atoms with van der Waals surface area (Å²) in [7, 11) is 0. The molecule has 134 valence electrons. The van der Waals surface area contributed by atoms with Crippen LogP contribution in [0.3, 0.4) is 0 Å². The van der Waals surface area contributed by atoms with Crippen LogP contribution in [0.25, 0.3) is 10.1 Å². The number of aryl methyl sites for hydroxylation is 1. The van der Waals surface area contributed by atoms with Crippen molar-refractivity contribution >= 4 is 39.1 Å². The van der Waals surface area contributed by atoms with Crippen molar-refractivity contribution in [2.24, 2.45) is 0 Å². The molecular formula is C20H19ClN2O2S. The van der Waals surface area contributed by atoms with Crippen LogP contribution in [0, 0.1) is 6.92 Å². The average molecular weight is 387 g/mol. The Bertz CT molecular complexity index is 931. The summed E-state index contributed by atoms with van der Waals surface area (Å²) >= 11 is 7.29. The second-order valence-electron chi connectivity index (χ2n) is 6.59. The molecular weight excluding hydrogens is 368 g/mol. The Morgan fingerprint density at radius 1 is 1.19 bits per heavy atom. The van der Waals surface area contributed by atoms with Crippen molar-refractivity contribution in [3.8, 4) is 5.75 Å². The van der Waals surface area contributed by atoms with Gasteiger partial charge in [-0.2, -0.15) is 4.37 Å².